The lowest BCUT2D eigenvalue weighted by Crippen LogP contribution is -2.25. The van der Waals surface area contributed by atoms with Gasteiger partial charge in [0.2, 0.25) is 5.91 Å². The molecule has 4 rings (SSSR count). The first-order valence-electron chi connectivity index (χ1n) is 10.3. The Hall–Kier alpha value is -3.88. The van der Waals surface area contributed by atoms with E-state index in [-0.39, 0.29) is 12.3 Å². The Labute approximate surface area is 188 Å². The second-order valence-electron chi connectivity index (χ2n) is 7.66. The van der Waals surface area contributed by atoms with Crippen LogP contribution in [0.15, 0.2) is 66.9 Å². The Balaban J connectivity index is 1.38. The van der Waals surface area contributed by atoms with Crippen molar-refractivity contribution in [1.82, 2.24) is 24.9 Å². The van der Waals surface area contributed by atoms with E-state index in [2.05, 4.69) is 15.5 Å². The summed E-state index contributed by atoms with van der Waals surface area (Å²) in [6, 6.07) is 17.5. The van der Waals surface area contributed by atoms with Gasteiger partial charge in [-0.1, -0.05) is 30.3 Å². The number of aryl methyl sites for hydroxylation is 1. The second kappa shape index (κ2) is 8.93. The summed E-state index contributed by atoms with van der Waals surface area (Å²) in [5.74, 6) is -0.139. The summed E-state index contributed by atoms with van der Waals surface area (Å²) in [7, 11) is 0. The number of para-hydroxylation sites is 1. The first-order chi connectivity index (χ1) is 15.7. The highest BCUT2D eigenvalue weighted by Crippen LogP contribution is 2.28. The molecule has 1 amide bonds. The van der Waals surface area contributed by atoms with Crippen LogP contribution in [0.3, 0.4) is 0 Å². The van der Waals surface area contributed by atoms with Crippen LogP contribution < -0.4 is 5.32 Å². The SMILES string of the molecule is Cc1nn(-c2ccccc2)c(C)c1CC(=O)NCc1ccc(-n2ccc(C(F)(F)F)n2)cc1. The minimum absolute atomic E-state index is 0.139. The number of halogens is 3. The molecule has 0 saturated carbocycles. The smallest absolute Gasteiger partial charge is 0.352 e. The number of amides is 1. The number of carbonyl (C=O) groups excluding carboxylic acids is 1. The van der Waals surface area contributed by atoms with Gasteiger partial charge in [-0.2, -0.15) is 23.4 Å². The zero-order chi connectivity index (χ0) is 23.6. The predicted molar refractivity (Wildman–Crippen MR) is 117 cm³/mol. The van der Waals surface area contributed by atoms with Crippen molar-refractivity contribution < 1.29 is 18.0 Å². The summed E-state index contributed by atoms with van der Waals surface area (Å²) in [5, 5.41) is 11.0. The molecule has 0 aliphatic heterocycles. The van der Waals surface area contributed by atoms with Crippen molar-refractivity contribution >= 4 is 5.91 Å². The minimum Gasteiger partial charge on any atom is -0.352 e. The van der Waals surface area contributed by atoms with Crippen LogP contribution in [0.1, 0.15) is 28.2 Å². The fraction of sp³-hybridized carbons (Fsp3) is 0.208. The number of rotatable bonds is 6. The van der Waals surface area contributed by atoms with Crippen molar-refractivity contribution in [2.75, 3.05) is 0 Å². The molecule has 0 aliphatic rings. The van der Waals surface area contributed by atoms with Gasteiger partial charge < -0.3 is 5.32 Å². The Morgan fingerprint density at radius 3 is 2.27 bits per heavy atom. The van der Waals surface area contributed by atoms with E-state index in [1.165, 1.54) is 10.9 Å². The minimum atomic E-state index is -4.48. The van der Waals surface area contributed by atoms with E-state index < -0.39 is 11.9 Å². The van der Waals surface area contributed by atoms with E-state index in [0.717, 1.165) is 34.3 Å². The molecular weight excluding hydrogens is 431 g/mol. The third kappa shape index (κ3) is 4.97. The van der Waals surface area contributed by atoms with Crippen molar-refractivity contribution in [1.29, 1.82) is 0 Å². The van der Waals surface area contributed by atoms with Gasteiger partial charge in [0.1, 0.15) is 0 Å². The molecule has 6 nitrogen and oxygen atoms in total. The van der Waals surface area contributed by atoms with Gasteiger partial charge >= 0.3 is 6.18 Å². The number of carbonyl (C=O) groups is 1. The van der Waals surface area contributed by atoms with Crippen molar-refractivity contribution in [2.45, 2.75) is 33.0 Å². The molecule has 4 aromatic rings. The molecule has 0 aliphatic carbocycles. The van der Waals surface area contributed by atoms with Gasteiger partial charge in [-0.3, -0.25) is 4.79 Å². The molecule has 9 heteroatoms. The third-order valence-electron chi connectivity index (χ3n) is 5.35. The molecule has 33 heavy (non-hydrogen) atoms. The fourth-order valence-electron chi connectivity index (χ4n) is 3.56. The largest absolute Gasteiger partial charge is 0.435 e. The highest BCUT2D eigenvalue weighted by molar-refractivity contribution is 5.79. The van der Waals surface area contributed by atoms with E-state index >= 15 is 0 Å². The lowest BCUT2D eigenvalue weighted by molar-refractivity contribution is -0.141. The van der Waals surface area contributed by atoms with Gasteiger partial charge in [0.05, 0.1) is 23.5 Å². The lowest BCUT2D eigenvalue weighted by atomic mass is 10.1. The number of hydrogen-bond acceptors (Lipinski definition) is 3. The quantitative estimate of drug-likeness (QED) is 0.466. The fourth-order valence-corrected chi connectivity index (χ4v) is 3.56. The van der Waals surface area contributed by atoms with Crippen LogP contribution in [-0.2, 0) is 23.9 Å². The monoisotopic (exact) mass is 453 g/mol. The highest BCUT2D eigenvalue weighted by Gasteiger charge is 2.33. The molecule has 1 N–H and O–H groups in total. The normalized spacial score (nSPS) is 11.5. The summed E-state index contributed by atoms with van der Waals surface area (Å²) in [6.07, 6.45) is -3.01. The van der Waals surface area contributed by atoms with E-state index in [9.17, 15) is 18.0 Å². The number of benzene rings is 2. The lowest BCUT2D eigenvalue weighted by Gasteiger charge is -2.08. The van der Waals surface area contributed by atoms with Gasteiger partial charge in [0, 0.05) is 24.0 Å². The maximum Gasteiger partial charge on any atom is 0.435 e. The van der Waals surface area contributed by atoms with Gasteiger partial charge in [-0.05, 0) is 49.7 Å². The van der Waals surface area contributed by atoms with E-state index in [0.29, 0.717) is 12.2 Å². The van der Waals surface area contributed by atoms with E-state index in [4.69, 9.17) is 0 Å². The number of nitrogens with one attached hydrogen (secondary N) is 1. The number of aromatic nitrogens is 4. The van der Waals surface area contributed by atoms with Gasteiger partial charge in [0.25, 0.3) is 0 Å². The molecule has 0 spiro atoms. The summed E-state index contributed by atoms with van der Waals surface area (Å²) < 4.78 is 41.2. The zero-order valence-electron chi connectivity index (χ0n) is 18.1. The van der Waals surface area contributed by atoms with Crippen molar-refractivity contribution in [3.05, 3.63) is 95.1 Å². The second-order valence-corrected chi connectivity index (χ2v) is 7.66. The van der Waals surface area contributed by atoms with Crippen LogP contribution in [0.2, 0.25) is 0 Å². The molecule has 170 valence electrons. The molecule has 0 saturated heterocycles. The van der Waals surface area contributed by atoms with Crippen LogP contribution in [-0.4, -0.2) is 25.5 Å². The van der Waals surface area contributed by atoms with Crippen LogP contribution in [0.5, 0.6) is 0 Å². The maximum absolute atomic E-state index is 12.7. The third-order valence-corrected chi connectivity index (χ3v) is 5.35. The van der Waals surface area contributed by atoms with E-state index in [1.54, 1.807) is 24.3 Å². The van der Waals surface area contributed by atoms with Crippen LogP contribution in [0.4, 0.5) is 13.2 Å². The molecule has 0 unspecified atom stereocenters. The molecule has 0 fully saturated rings. The Morgan fingerprint density at radius 1 is 0.939 bits per heavy atom. The average molecular weight is 453 g/mol. The first-order valence-corrected chi connectivity index (χ1v) is 10.3. The summed E-state index contributed by atoms with van der Waals surface area (Å²) >= 11 is 0. The van der Waals surface area contributed by atoms with Crippen LogP contribution >= 0.6 is 0 Å². The molecular formula is C24H22F3N5O. The molecule has 0 radical (unpaired) electrons. The van der Waals surface area contributed by atoms with Crippen LogP contribution in [0, 0.1) is 13.8 Å². The Morgan fingerprint density at radius 2 is 1.64 bits per heavy atom. The molecule has 0 atom stereocenters. The van der Waals surface area contributed by atoms with E-state index in [1.807, 2.05) is 48.9 Å². The van der Waals surface area contributed by atoms with Crippen LogP contribution in [0.25, 0.3) is 11.4 Å². The first kappa shape index (κ1) is 22.3. The summed E-state index contributed by atoms with van der Waals surface area (Å²) in [6.45, 7) is 4.12. The Bertz CT molecular complexity index is 1260. The number of hydrogen-bond donors (Lipinski definition) is 1. The van der Waals surface area contributed by atoms with Crippen molar-refractivity contribution in [3.8, 4) is 11.4 Å². The molecule has 2 aromatic carbocycles. The zero-order valence-corrected chi connectivity index (χ0v) is 18.1. The molecule has 2 heterocycles. The summed E-state index contributed by atoms with van der Waals surface area (Å²) in [5.41, 5.74) is 3.91. The summed E-state index contributed by atoms with van der Waals surface area (Å²) in [4.78, 5) is 12.6. The van der Waals surface area contributed by atoms with Crippen molar-refractivity contribution in [3.63, 3.8) is 0 Å². The average Bonchev–Trinajstić information content (AvgIpc) is 3.40. The number of alkyl halides is 3. The van der Waals surface area contributed by atoms with Gasteiger partial charge in [0.15, 0.2) is 5.69 Å². The maximum atomic E-state index is 12.7. The molecule has 0 bridgehead atoms. The van der Waals surface area contributed by atoms with Gasteiger partial charge in [-0.25, -0.2) is 9.36 Å². The van der Waals surface area contributed by atoms with Crippen molar-refractivity contribution in [2.24, 2.45) is 0 Å². The standard InChI is InChI=1S/C24H22F3N5O/c1-16-21(17(2)32(29-16)20-6-4-3-5-7-20)14-23(33)28-15-18-8-10-19(11-9-18)31-13-12-22(30-31)24(25,26)27/h3-13H,14-15H2,1-2H3,(H,28,33). The number of nitrogens with zero attached hydrogens (tertiary/aromatic N) is 4. The Kier molecular flexibility index (Phi) is 6.04. The molecule has 2 aromatic heterocycles. The van der Waals surface area contributed by atoms with Gasteiger partial charge in [-0.15, -0.1) is 0 Å². The predicted octanol–water partition coefficient (Wildman–Crippen LogP) is 4.55. The topological polar surface area (TPSA) is 64.7 Å². The highest BCUT2D eigenvalue weighted by atomic mass is 19.4.